The highest BCUT2D eigenvalue weighted by Crippen LogP contribution is 2.26. The highest BCUT2D eigenvalue weighted by molar-refractivity contribution is 5.93. The van der Waals surface area contributed by atoms with Gasteiger partial charge >= 0.3 is 6.03 Å². The van der Waals surface area contributed by atoms with E-state index in [-0.39, 0.29) is 17.4 Å². The van der Waals surface area contributed by atoms with E-state index in [9.17, 15) is 9.18 Å². The summed E-state index contributed by atoms with van der Waals surface area (Å²) < 4.78 is 13.1. The van der Waals surface area contributed by atoms with E-state index in [1.807, 2.05) is 13.8 Å². The van der Waals surface area contributed by atoms with E-state index < -0.39 is 0 Å². The Kier molecular flexibility index (Phi) is 4.17. The van der Waals surface area contributed by atoms with E-state index in [2.05, 4.69) is 27.1 Å². The van der Waals surface area contributed by atoms with Crippen molar-refractivity contribution >= 4 is 11.8 Å². The third kappa shape index (κ3) is 3.35. The molecule has 0 bridgehead atoms. The number of anilines is 1. The average Bonchev–Trinajstić information content (AvgIpc) is 2.53. The van der Waals surface area contributed by atoms with Crippen molar-refractivity contribution in [3.63, 3.8) is 0 Å². The number of urea groups is 1. The predicted molar refractivity (Wildman–Crippen MR) is 89.0 cm³/mol. The van der Waals surface area contributed by atoms with Crippen molar-refractivity contribution in [1.29, 1.82) is 0 Å². The van der Waals surface area contributed by atoms with Gasteiger partial charge in [0.25, 0.3) is 0 Å². The van der Waals surface area contributed by atoms with Gasteiger partial charge in [0.2, 0.25) is 0 Å². The second kappa shape index (κ2) is 6.28. The molecule has 0 saturated carbocycles. The number of nitrogens with zero attached hydrogens (tertiary/aromatic N) is 3. The first-order valence-electron chi connectivity index (χ1n) is 7.63. The zero-order valence-electron chi connectivity index (χ0n) is 13.5. The fraction of sp³-hybridized carbons (Fsp3) is 0.278. The summed E-state index contributed by atoms with van der Waals surface area (Å²) in [7, 11) is 0. The summed E-state index contributed by atoms with van der Waals surface area (Å²) in [4.78, 5) is 22.3. The van der Waals surface area contributed by atoms with Crippen molar-refractivity contribution in [2.24, 2.45) is 0 Å². The normalized spacial score (nSPS) is 16.1. The van der Waals surface area contributed by atoms with Crippen molar-refractivity contribution in [2.45, 2.75) is 25.8 Å². The number of amides is 2. The van der Waals surface area contributed by atoms with Crippen LogP contribution in [-0.4, -0.2) is 28.1 Å². The maximum atomic E-state index is 13.1. The smallest absolute Gasteiger partial charge is 0.323 e. The molecule has 2 aromatic rings. The molecule has 0 spiro atoms. The molecule has 2 amide bonds. The second-order valence-corrected chi connectivity index (χ2v) is 6.15. The van der Waals surface area contributed by atoms with E-state index in [0.717, 1.165) is 6.42 Å². The van der Waals surface area contributed by atoms with Crippen LogP contribution in [0.15, 0.2) is 36.7 Å². The number of carbonyl (C=O) groups excluding carboxylic acids is 1. The van der Waals surface area contributed by atoms with Gasteiger partial charge in [-0.1, -0.05) is 12.0 Å². The van der Waals surface area contributed by atoms with Crippen LogP contribution in [0.2, 0.25) is 0 Å². The number of carbonyl (C=O) groups is 1. The molecule has 2 heterocycles. The van der Waals surface area contributed by atoms with E-state index in [4.69, 9.17) is 0 Å². The summed E-state index contributed by atoms with van der Waals surface area (Å²) >= 11 is 0. The van der Waals surface area contributed by atoms with Crippen LogP contribution in [0.25, 0.3) is 0 Å². The van der Waals surface area contributed by atoms with E-state index >= 15 is 0 Å². The van der Waals surface area contributed by atoms with Crippen molar-refractivity contribution < 1.29 is 9.18 Å². The van der Waals surface area contributed by atoms with Gasteiger partial charge < -0.3 is 5.32 Å². The van der Waals surface area contributed by atoms with Crippen molar-refractivity contribution in [2.75, 3.05) is 11.4 Å². The van der Waals surface area contributed by atoms with Gasteiger partial charge in [-0.15, -0.1) is 0 Å². The monoisotopic (exact) mass is 324 g/mol. The number of rotatable bonds is 1. The van der Waals surface area contributed by atoms with Gasteiger partial charge in [-0.2, -0.15) is 0 Å². The molecule has 0 unspecified atom stereocenters. The number of benzene rings is 1. The molecule has 1 aromatic carbocycles. The first kappa shape index (κ1) is 15.9. The molecule has 5 nitrogen and oxygen atoms in total. The van der Waals surface area contributed by atoms with Crippen molar-refractivity contribution in [3.05, 3.63) is 53.7 Å². The number of nitrogens with one attached hydrogen (secondary N) is 1. The topological polar surface area (TPSA) is 58.1 Å². The van der Waals surface area contributed by atoms with Gasteiger partial charge in [-0.05, 0) is 44.4 Å². The first-order chi connectivity index (χ1) is 11.5. The summed E-state index contributed by atoms with van der Waals surface area (Å²) in [5, 5.41) is 2.81. The minimum Gasteiger partial charge on any atom is -0.338 e. The van der Waals surface area contributed by atoms with Gasteiger partial charge in [0.15, 0.2) is 5.82 Å². The van der Waals surface area contributed by atoms with Gasteiger partial charge in [0.05, 0.1) is 12.4 Å². The third-order valence-corrected chi connectivity index (χ3v) is 3.85. The van der Waals surface area contributed by atoms with Gasteiger partial charge in [-0.25, -0.2) is 19.2 Å². The lowest BCUT2D eigenvalue weighted by molar-refractivity contribution is 0.229. The molecule has 0 radical (unpaired) electrons. The predicted octanol–water partition coefficient (Wildman–Crippen LogP) is 2.71. The summed E-state index contributed by atoms with van der Waals surface area (Å²) in [5.41, 5.74) is 0.696. The fourth-order valence-electron chi connectivity index (χ4n) is 2.56. The maximum Gasteiger partial charge on any atom is 0.323 e. The van der Waals surface area contributed by atoms with E-state index in [0.29, 0.717) is 23.6 Å². The lowest BCUT2D eigenvalue weighted by Crippen LogP contribution is -2.58. The molecule has 1 aliphatic rings. The molecule has 3 rings (SSSR count). The van der Waals surface area contributed by atoms with Crippen molar-refractivity contribution in [3.8, 4) is 11.8 Å². The molecule has 0 atom stereocenters. The van der Waals surface area contributed by atoms with Gasteiger partial charge in [-0.3, -0.25) is 4.90 Å². The molecule has 122 valence electrons. The standard InChI is InChI=1S/C18H17FN4O/c1-18(2)8-9-20-17(24)23(18)16-12-21-15(11-22-16)7-6-13-4-3-5-14(19)10-13/h3-5,10-12H,8-9H2,1-2H3,(H,20,24). The largest absolute Gasteiger partial charge is 0.338 e. The Bertz CT molecular complexity index is 821. The maximum absolute atomic E-state index is 13.1. The Balaban J connectivity index is 1.82. The van der Waals surface area contributed by atoms with Crippen LogP contribution in [0.5, 0.6) is 0 Å². The first-order valence-corrected chi connectivity index (χ1v) is 7.63. The van der Waals surface area contributed by atoms with E-state index in [1.165, 1.54) is 24.5 Å². The third-order valence-electron chi connectivity index (χ3n) is 3.85. The highest BCUT2D eigenvalue weighted by Gasteiger charge is 2.36. The lowest BCUT2D eigenvalue weighted by Gasteiger charge is -2.41. The molecule has 1 aromatic heterocycles. The molecule has 6 heteroatoms. The van der Waals surface area contributed by atoms with E-state index in [1.54, 1.807) is 17.0 Å². The molecular formula is C18H17FN4O. The molecule has 0 aliphatic carbocycles. The quantitative estimate of drug-likeness (QED) is 0.821. The Hall–Kier alpha value is -2.94. The van der Waals surface area contributed by atoms with Crippen LogP contribution >= 0.6 is 0 Å². The summed E-state index contributed by atoms with van der Waals surface area (Å²) in [6.07, 6.45) is 3.86. The molecule has 1 aliphatic heterocycles. The zero-order chi connectivity index (χ0) is 17.2. The van der Waals surface area contributed by atoms with Crippen LogP contribution < -0.4 is 10.2 Å². The van der Waals surface area contributed by atoms with Crippen LogP contribution in [0.4, 0.5) is 15.0 Å². The van der Waals surface area contributed by atoms with Crippen LogP contribution in [0, 0.1) is 17.7 Å². The van der Waals surface area contributed by atoms with Gasteiger partial charge in [0, 0.05) is 17.6 Å². The average molecular weight is 324 g/mol. The SMILES string of the molecule is CC1(C)CCNC(=O)N1c1cnc(C#Cc2cccc(F)c2)cn1. The molecule has 24 heavy (non-hydrogen) atoms. The lowest BCUT2D eigenvalue weighted by atomic mass is 9.96. The van der Waals surface area contributed by atoms with Crippen LogP contribution in [0.3, 0.4) is 0 Å². The fourth-order valence-corrected chi connectivity index (χ4v) is 2.56. The summed E-state index contributed by atoms with van der Waals surface area (Å²) in [5.74, 6) is 5.83. The molecule has 1 saturated heterocycles. The zero-order valence-corrected chi connectivity index (χ0v) is 13.5. The molecule has 1 fully saturated rings. The summed E-state index contributed by atoms with van der Waals surface area (Å²) in [6, 6.07) is 5.86. The number of hydrogen-bond acceptors (Lipinski definition) is 3. The highest BCUT2D eigenvalue weighted by atomic mass is 19.1. The second-order valence-electron chi connectivity index (χ2n) is 6.15. The Morgan fingerprint density at radius 2 is 2.08 bits per heavy atom. The minimum atomic E-state index is -0.332. The summed E-state index contributed by atoms with van der Waals surface area (Å²) in [6.45, 7) is 4.63. The van der Waals surface area contributed by atoms with Crippen molar-refractivity contribution in [1.82, 2.24) is 15.3 Å². The Morgan fingerprint density at radius 3 is 2.75 bits per heavy atom. The van der Waals surface area contributed by atoms with Crippen LogP contribution in [-0.2, 0) is 0 Å². The Labute approximate surface area is 139 Å². The Morgan fingerprint density at radius 1 is 1.25 bits per heavy atom. The van der Waals surface area contributed by atoms with Crippen LogP contribution in [0.1, 0.15) is 31.5 Å². The molecular weight excluding hydrogens is 307 g/mol. The number of aromatic nitrogens is 2. The number of hydrogen-bond donors (Lipinski definition) is 1. The number of halogens is 1. The molecule has 1 N–H and O–H groups in total. The minimum absolute atomic E-state index is 0.181. The van der Waals surface area contributed by atoms with Gasteiger partial charge in [0.1, 0.15) is 11.5 Å².